The van der Waals surface area contributed by atoms with Crippen LogP contribution in [0.2, 0.25) is 0 Å². The zero-order valence-electron chi connectivity index (χ0n) is 15.4. The lowest BCUT2D eigenvalue weighted by atomic mass is 9.93. The molecule has 1 fully saturated rings. The number of oxazole rings is 1. The molecule has 3 heterocycles. The van der Waals surface area contributed by atoms with Gasteiger partial charge in [-0.1, -0.05) is 6.07 Å². The van der Waals surface area contributed by atoms with Crippen LogP contribution in [-0.2, 0) is 16.9 Å². The van der Waals surface area contributed by atoms with Gasteiger partial charge in [0.05, 0.1) is 19.3 Å². The van der Waals surface area contributed by atoms with E-state index in [-0.39, 0.29) is 12.5 Å². The number of carbonyl (C=O) groups excluding carboxylic acids is 2. The molecule has 28 heavy (non-hydrogen) atoms. The summed E-state index contributed by atoms with van der Waals surface area (Å²) in [5.74, 6) is 0.767. The molecule has 1 saturated heterocycles. The molecule has 2 aromatic heterocycles. The maximum Gasteiger partial charge on any atom is 0.325 e. The van der Waals surface area contributed by atoms with Crippen molar-refractivity contribution in [2.45, 2.75) is 19.0 Å². The number of nitrogens with zero attached hydrogens (tertiary/aromatic N) is 3. The van der Waals surface area contributed by atoms with E-state index < -0.39 is 11.6 Å². The number of amides is 3. The molecule has 0 aliphatic carbocycles. The molecule has 1 unspecified atom stereocenters. The van der Waals surface area contributed by atoms with E-state index in [1.54, 1.807) is 50.7 Å². The topological polar surface area (TPSA) is 97.6 Å². The van der Waals surface area contributed by atoms with Gasteiger partial charge in [0.2, 0.25) is 5.89 Å². The summed E-state index contributed by atoms with van der Waals surface area (Å²) in [6.45, 7) is 1.68. The molecule has 1 aromatic carbocycles. The Kier molecular flexibility index (Phi) is 4.31. The van der Waals surface area contributed by atoms with E-state index in [0.717, 1.165) is 16.2 Å². The molecule has 142 valence electrons. The second-order valence-electron chi connectivity index (χ2n) is 6.56. The van der Waals surface area contributed by atoms with Gasteiger partial charge in [0, 0.05) is 23.5 Å². The van der Waals surface area contributed by atoms with Crippen molar-refractivity contribution in [1.82, 2.24) is 20.2 Å². The average Bonchev–Trinajstić information content (AvgIpc) is 3.28. The second kappa shape index (κ2) is 6.80. The number of methoxy groups -OCH3 is 1. The van der Waals surface area contributed by atoms with Crippen LogP contribution in [0.1, 0.15) is 18.2 Å². The maximum absolute atomic E-state index is 12.9. The Morgan fingerprint density at radius 3 is 2.68 bits per heavy atom. The minimum Gasteiger partial charge on any atom is -0.497 e. The van der Waals surface area contributed by atoms with Gasteiger partial charge in [0.1, 0.15) is 17.6 Å². The van der Waals surface area contributed by atoms with Crippen molar-refractivity contribution >= 4 is 11.9 Å². The largest absolute Gasteiger partial charge is 0.497 e. The Hall–Kier alpha value is -3.68. The quantitative estimate of drug-likeness (QED) is 0.686. The van der Waals surface area contributed by atoms with E-state index in [2.05, 4.69) is 15.3 Å². The highest BCUT2D eigenvalue weighted by Gasteiger charge is 2.49. The first-order valence-electron chi connectivity index (χ1n) is 8.65. The number of urea groups is 1. The van der Waals surface area contributed by atoms with Crippen LogP contribution < -0.4 is 10.1 Å². The smallest absolute Gasteiger partial charge is 0.325 e. The Morgan fingerprint density at radius 2 is 2.00 bits per heavy atom. The zero-order chi connectivity index (χ0) is 19.7. The molecule has 1 aliphatic rings. The van der Waals surface area contributed by atoms with E-state index in [1.165, 1.54) is 6.26 Å². The number of hydrogen-bond donors (Lipinski definition) is 1. The summed E-state index contributed by atoms with van der Waals surface area (Å²) in [5, 5.41) is 2.74. The van der Waals surface area contributed by atoms with E-state index >= 15 is 0 Å². The Labute approximate surface area is 161 Å². The van der Waals surface area contributed by atoms with Crippen LogP contribution in [0.4, 0.5) is 4.79 Å². The predicted molar refractivity (Wildman–Crippen MR) is 99.2 cm³/mol. The molecule has 1 aliphatic heterocycles. The molecule has 1 atom stereocenters. The molecule has 3 amide bonds. The van der Waals surface area contributed by atoms with Crippen molar-refractivity contribution in [1.29, 1.82) is 0 Å². The van der Waals surface area contributed by atoms with E-state index in [9.17, 15) is 9.59 Å². The van der Waals surface area contributed by atoms with Gasteiger partial charge in [0.15, 0.2) is 0 Å². The van der Waals surface area contributed by atoms with Crippen molar-refractivity contribution < 1.29 is 18.7 Å². The predicted octanol–water partition coefficient (Wildman–Crippen LogP) is 2.71. The molecule has 4 rings (SSSR count). The van der Waals surface area contributed by atoms with Crippen molar-refractivity contribution in [3.05, 3.63) is 66.3 Å². The summed E-state index contributed by atoms with van der Waals surface area (Å²) >= 11 is 0. The molecule has 0 spiro atoms. The number of ether oxygens (including phenoxy) is 1. The van der Waals surface area contributed by atoms with Crippen molar-refractivity contribution in [3.63, 3.8) is 0 Å². The normalized spacial score (nSPS) is 19.0. The van der Waals surface area contributed by atoms with Crippen molar-refractivity contribution in [2.75, 3.05) is 7.11 Å². The van der Waals surface area contributed by atoms with E-state index in [1.807, 2.05) is 12.1 Å². The fraction of sp³-hybridized carbons (Fsp3) is 0.200. The van der Waals surface area contributed by atoms with Crippen LogP contribution in [0.5, 0.6) is 5.75 Å². The van der Waals surface area contributed by atoms with Crippen LogP contribution in [-0.4, -0.2) is 33.9 Å². The van der Waals surface area contributed by atoms with Gasteiger partial charge in [-0.05, 0) is 37.3 Å². The fourth-order valence-electron chi connectivity index (χ4n) is 3.10. The van der Waals surface area contributed by atoms with Crippen LogP contribution in [0, 0.1) is 0 Å². The van der Waals surface area contributed by atoms with Gasteiger partial charge in [-0.2, -0.15) is 0 Å². The van der Waals surface area contributed by atoms with Crippen molar-refractivity contribution in [3.8, 4) is 17.2 Å². The minimum absolute atomic E-state index is 0.0141. The van der Waals surface area contributed by atoms with Crippen LogP contribution in [0.15, 0.2) is 59.5 Å². The Morgan fingerprint density at radius 1 is 1.21 bits per heavy atom. The third kappa shape index (κ3) is 2.98. The van der Waals surface area contributed by atoms with Gasteiger partial charge >= 0.3 is 6.03 Å². The zero-order valence-corrected chi connectivity index (χ0v) is 15.4. The van der Waals surface area contributed by atoms with Crippen LogP contribution in [0.3, 0.4) is 0 Å². The van der Waals surface area contributed by atoms with E-state index in [4.69, 9.17) is 9.15 Å². The molecule has 8 heteroatoms. The highest BCUT2D eigenvalue weighted by Crippen LogP contribution is 2.29. The summed E-state index contributed by atoms with van der Waals surface area (Å²) in [5.41, 5.74) is 0.706. The molecular formula is C20H18N4O4. The Balaban J connectivity index is 1.54. The van der Waals surface area contributed by atoms with Gasteiger partial charge in [0.25, 0.3) is 5.91 Å². The maximum atomic E-state index is 12.9. The number of pyridine rings is 1. The first kappa shape index (κ1) is 17.7. The first-order valence-corrected chi connectivity index (χ1v) is 8.65. The SMILES string of the molecule is COc1ccc(-c2nc(CN3C(=O)NC(C)(c4cccnc4)C3=O)co2)cc1. The Bertz CT molecular complexity index is 1020. The number of rotatable bonds is 5. The first-order chi connectivity index (χ1) is 13.5. The van der Waals surface area contributed by atoms with Gasteiger partial charge < -0.3 is 14.5 Å². The number of aromatic nitrogens is 2. The second-order valence-corrected chi connectivity index (χ2v) is 6.56. The monoisotopic (exact) mass is 378 g/mol. The summed E-state index contributed by atoms with van der Waals surface area (Å²) < 4.78 is 10.6. The van der Waals surface area contributed by atoms with Crippen LogP contribution >= 0.6 is 0 Å². The number of nitrogens with one attached hydrogen (secondary N) is 1. The average molecular weight is 378 g/mol. The molecule has 0 saturated carbocycles. The number of hydrogen-bond acceptors (Lipinski definition) is 6. The fourth-order valence-corrected chi connectivity index (χ4v) is 3.10. The lowest BCUT2D eigenvalue weighted by Crippen LogP contribution is -2.40. The number of carbonyl (C=O) groups is 2. The third-order valence-electron chi connectivity index (χ3n) is 4.72. The molecule has 8 nitrogen and oxygen atoms in total. The van der Waals surface area contributed by atoms with Gasteiger partial charge in [-0.3, -0.25) is 14.7 Å². The number of benzene rings is 1. The third-order valence-corrected chi connectivity index (χ3v) is 4.72. The standard InChI is InChI=1S/C20H18N4O4/c1-20(14-4-3-9-21-10-14)18(25)24(19(26)23-20)11-15-12-28-17(22-15)13-5-7-16(27-2)8-6-13/h3-10,12H,11H2,1-2H3,(H,23,26). The van der Waals surface area contributed by atoms with Crippen molar-refractivity contribution in [2.24, 2.45) is 0 Å². The summed E-state index contributed by atoms with van der Waals surface area (Å²) in [7, 11) is 1.59. The number of imide groups is 1. The lowest BCUT2D eigenvalue weighted by molar-refractivity contribution is -0.131. The van der Waals surface area contributed by atoms with Gasteiger partial charge in [-0.15, -0.1) is 0 Å². The van der Waals surface area contributed by atoms with Gasteiger partial charge in [-0.25, -0.2) is 9.78 Å². The molecule has 1 N–H and O–H groups in total. The molecule has 3 aromatic rings. The molecule has 0 bridgehead atoms. The highest BCUT2D eigenvalue weighted by molar-refractivity contribution is 6.07. The summed E-state index contributed by atoms with van der Waals surface area (Å²) in [4.78, 5) is 34.9. The molecule has 0 radical (unpaired) electrons. The molecular weight excluding hydrogens is 360 g/mol. The minimum atomic E-state index is -1.16. The summed E-state index contributed by atoms with van der Waals surface area (Å²) in [6.07, 6.45) is 4.63. The van der Waals surface area contributed by atoms with E-state index in [0.29, 0.717) is 17.1 Å². The summed E-state index contributed by atoms with van der Waals surface area (Å²) in [6, 6.07) is 10.2. The van der Waals surface area contributed by atoms with Crippen LogP contribution in [0.25, 0.3) is 11.5 Å². The lowest BCUT2D eigenvalue weighted by Gasteiger charge is -2.21. The highest BCUT2D eigenvalue weighted by atomic mass is 16.5.